The zero-order valence-corrected chi connectivity index (χ0v) is 10.1. The van der Waals surface area contributed by atoms with Gasteiger partial charge in [0, 0.05) is 12.0 Å². The molecule has 5 heteroatoms. The molecule has 0 spiro atoms. The van der Waals surface area contributed by atoms with Gasteiger partial charge < -0.3 is 4.74 Å². The van der Waals surface area contributed by atoms with Crippen LogP contribution in [0.1, 0.15) is 26.7 Å². The Morgan fingerprint density at radius 3 is 2.60 bits per heavy atom. The number of hydrogen-bond acceptors (Lipinski definition) is 4. The van der Waals surface area contributed by atoms with E-state index in [0.29, 0.717) is 12.4 Å². The van der Waals surface area contributed by atoms with Crippen molar-refractivity contribution in [1.29, 1.82) is 0 Å². The first-order chi connectivity index (χ1) is 6.91. The third-order valence-corrected chi connectivity index (χ3v) is 5.42. The van der Waals surface area contributed by atoms with Crippen molar-refractivity contribution < 1.29 is 13.2 Å². The van der Waals surface area contributed by atoms with E-state index in [1.165, 1.54) is 0 Å². The van der Waals surface area contributed by atoms with Gasteiger partial charge in [0.05, 0.1) is 12.4 Å². The van der Waals surface area contributed by atoms with Crippen LogP contribution in [-0.2, 0) is 14.6 Å². The third kappa shape index (κ3) is 2.34. The summed E-state index contributed by atoms with van der Waals surface area (Å²) < 4.78 is 29.0. The van der Waals surface area contributed by atoms with Crippen LogP contribution >= 0.6 is 0 Å². The standard InChI is InChI=1S/C10H19NO3S/c1-10(2)6-11-9(14-7-10)8-4-3-5-15(8,12)13/h8-9,11H,3-7H2,1-2H3. The molecule has 0 radical (unpaired) electrons. The fourth-order valence-corrected chi connectivity index (χ4v) is 4.15. The summed E-state index contributed by atoms with van der Waals surface area (Å²) in [6, 6.07) is 0. The molecule has 88 valence electrons. The summed E-state index contributed by atoms with van der Waals surface area (Å²) in [7, 11) is -2.91. The highest BCUT2D eigenvalue weighted by Gasteiger charge is 2.41. The van der Waals surface area contributed by atoms with Crippen molar-refractivity contribution in [3.05, 3.63) is 0 Å². The molecule has 0 bridgehead atoms. The molecule has 2 heterocycles. The van der Waals surface area contributed by atoms with E-state index in [1.54, 1.807) is 0 Å². The summed E-state index contributed by atoms with van der Waals surface area (Å²) in [5.74, 6) is 0.322. The maximum absolute atomic E-state index is 11.7. The average molecular weight is 233 g/mol. The second-order valence-electron chi connectivity index (χ2n) is 5.32. The molecule has 0 aromatic heterocycles. The van der Waals surface area contributed by atoms with Crippen LogP contribution < -0.4 is 5.32 Å². The number of ether oxygens (including phenoxy) is 1. The lowest BCUT2D eigenvalue weighted by Crippen LogP contribution is -2.53. The summed E-state index contributed by atoms with van der Waals surface area (Å²) in [5.41, 5.74) is 0.110. The fraction of sp³-hybridized carbons (Fsp3) is 1.00. The maximum Gasteiger partial charge on any atom is 0.157 e. The highest BCUT2D eigenvalue weighted by Crippen LogP contribution is 2.28. The Hall–Kier alpha value is -0.130. The topological polar surface area (TPSA) is 55.4 Å². The van der Waals surface area contributed by atoms with Gasteiger partial charge in [0.1, 0.15) is 11.5 Å². The van der Waals surface area contributed by atoms with E-state index in [-0.39, 0.29) is 16.9 Å². The lowest BCUT2D eigenvalue weighted by Gasteiger charge is -2.37. The Balaban J connectivity index is 2.02. The van der Waals surface area contributed by atoms with Crippen LogP contribution in [0, 0.1) is 5.41 Å². The van der Waals surface area contributed by atoms with Gasteiger partial charge in [0.15, 0.2) is 9.84 Å². The van der Waals surface area contributed by atoms with Crippen molar-refractivity contribution in [3.8, 4) is 0 Å². The Morgan fingerprint density at radius 1 is 1.40 bits per heavy atom. The average Bonchev–Trinajstić information content (AvgIpc) is 2.46. The van der Waals surface area contributed by atoms with E-state index >= 15 is 0 Å². The van der Waals surface area contributed by atoms with Crippen molar-refractivity contribution in [2.24, 2.45) is 5.41 Å². The first-order valence-corrected chi connectivity index (χ1v) is 7.19. The van der Waals surface area contributed by atoms with Gasteiger partial charge in [-0.05, 0) is 12.8 Å². The minimum absolute atomic E-state index is 0.110. The SMILES string of the molecule is CC1(C)CNC(C2CCCS2(=O)=O)OC1. The summed E-state index contributed by atoms with van der Waals surface area (Å²) in [6.07, 6.45) is 1.23. The van der Waals surface area contributed by atoms with Crippen LogP contribution in [-0.4, -0.2) is 38.8 Å². The first kappa shape index (κ1) is 11.4. The van der Waals surface area contributed by atoms with E-state index in [1.807, 2.05) is 0 Å². The van der Waals surface area contributed by atoms with Gasteiger partial charge in [-0.3, -0.25) is 5.32 Å². The van der Waals surface area contributed by atoms with Gasteiger partial charge in [-0.1, -0.05) is 13.8 Å². The van der Waals surface area contributed by atoms with Crippen LogP contribution in [0.3, 0.4) is 0 Å². The van der Waals surface area contributed by atoms with Gasteiger partial charge in [-0.2, -0.15) is 0 Å². The smallest absolute Gasteiger partial charge is 0.157 e. The Bertz CT molecular complexity index is 327. The van der Waals surface area contributed by atoms with Crippen molar-refractivity contribution in [2.45, 2.75) is 38.2 Å². The fourth-order valence-electron chi connectivity index (χ4n) is 2.20. The zero-order chi connectivity index (χ0) is 11.1. The number of sulfone groups is 1. The van der Waals surface area contributed by atoms with Crippen molar-refractivity contribution in [1.82, 2.24) is 5.32 Å². The Labute approximate surface area is 91.3 Å². The highest BCUT2D eigenvalue weighted by atomic mass is 32.2. The van der Waals surface area contributed by atoms with E-state index in [0.717, 1.165) is 19.4 Å². The predicted octanol–water partition coefficient (Wildman–Crippen LogP) is 0.536. The molecule has 2 aliphatic heterocycles. The van der Waals surface area contributed by atoms with Crippen LogP contribution in [0.25, 0.3) is 0 Å². The van der Waals surface area contributed by atoms with Crippen LogP contribution in [0.15, 0.2) is 0 Å². The molecule has 2 rings (SSSR count). The summed E-state index contributed by atoms with van der Waals surface area (Å²) in [4.78, 5) is 0. The van der Waals surface area contributed by atoms with Gasteiger partial charge in [0.2, 0.25) is 0 Å². The number of rotatable bonds is 1. The van der Waals surface area contributed by atoms with E-state index in [2.05, 4.69) is 19.2 Å². The Morgan fingerprint density at radius 2 is 2.13 bits per heavy atom. The van der Waals surface area contributed by atoms with Crippen LogP contribution in [0.5, 0.6) is 0 Å². The van der Waals surface area contributed by atoms with Gasteiger partial charge in [-0.25, -0.2) is 8.42 Å². The third-order valence-electron chi connectivity index (χ3n) is 3.15. The normalized spacial score (nSPS) is 39.1. The second kappa shape index (κ2) is 3.71. The molecule has 0 amide bonds. The van der Waals surface area contributed by atoms with Crippen molar-refractivity contribution in [3.63, 3.8) is 0 Å². The van der Waals surface area contributed by atoms with E-state index in [4.69, 9.17) is 4.74 Å². The van der Waals surface area contributed by atoms with Gasteiger partial charge >= 0.3 is 0 Å². The summed E-state index contributed by atoms with van der Waals surface area (Å²) in [6.45, 7) is 5.68. The van der Waals surface area contributed by atoms with Crippen molar-refractivity contribution in [2.75, 3.05) is 18.9 Å². The van der Waals surface area contributed by atoms with Crippen molar-refractivity contribution >= 4 is 9.84 Å². The lowest BCUT2D eigenvalue weighted by atomic mass is 9.93. The molecule has 4 nitrogen and oxygen atoms in total. The first-order valence-electron chi connectivity index (χ1n) is 5.47. The predicted molar refractivity (Wildman–Crippen MR) is 58.3 cm³/mol. The molecule has 2 aliphatic rings. The minimum atomic E-state index is -2.91. The molecule has 0 saturated carbocycles. The molecule has 2 saturated heterocycles. The van der Waals surface area contributed by atoms with Crippen LogP contribution in [0.2, 0.25) is 0 Å². The number of hydrogen-bond donors (Lipinski definition) is 1. The molecule has 2 atom stereocenters. The molecule has 15 heavy (non-hydrogen) atoms. The van der Waals surface area contributed by atoms with Crippen LogP contribution in [0.4, 0.5) is 0 Å². The monoisotopic (exact) mass is 233 g/mol. The molecular weight excluding hydrogens is 214 g/mol. The quantitative estimate of drug-likeness (QED) is 0.718. The Kier molecular flexibility index (Phi) is 2.81. The molecule has 0 aliphatic carbocycles. The van der Waals surface area contributed by atoms with Gasteiger partial charge in [-0.15, -0.1) is 0 Å². The zero-order valence-electron chi connectivity index (χ0n) is 9.32. The molecule has 0 aromatic rings. The number of nitrogens with one attached hydrogen (secondary N) is 1. The summed E-state index contributed by atoms with van der Waals surface area (Å²) in [5, 5.41) is 2.88. The molecular formula is C10H19NO3S. The molecule has 2 fully saturated rings. The second-order valence-corrected chi connectivity index (χ2v) is 7.66. The molecule has 0 aromatic carbocycles. The lowest BCUT2D eigenvalue weighted by molar-refractivity contribution is -0.0585. The van der Waals surface area contributed by atoms with E-state index < -0.39 is 9.84 Å². The maximum atomic E-state index is 11.7. The summed E-state index contributed by atoms with van der Waals surface area (Å²) >= 11 is 0. The largest absolute Gasteiger partial charge is 0.361 e. The van der Waals surface area contributed by atoms with Gasteiger partial charge in [0.25, 0.3) is 0 Å². The molecule has 2 unspecified atom stereocenters. The highest BCUT2D eigenvalue weighted by molar-refractivity contribution is 7.92. The molecule has 1 N–H and O–H groups in total. The minimum Gasteiger partial charge on any atom is -0.361 e. The van der Waals surface area contributed by atoms with E-state index in [9.17, 15) is 8.42 Å².